The van der Waals surface area contributed by atoms with Crippen LogP contribution in [0.1, 0.15) is 18.9 Å². The fraction of sp³-hybridized carbons (Fsp3) is 0.333. The van der Waals surface area contributed by atoms with Crippen LogP contribution in [0.4, 0.5) is 11.8 Å². The van der Waals surface area contributed by atoms with Crippen LogP contribution in [0.3, 0.4) is 0 Å². The molecule has 3 N–H and O–H groups in total. The normalized spacial score (nSPS) is 12.4. The van der Waals surface area contributed by atoms with E-state index in [1.165, 1.54) is 12.1 Å². The molecule has 2 aromatic heterocycles. The maximum absolute atomic E-state index is 10.8. The maximum Gasteiger partial charge on any atom is 0.321 e. The average Bonchev–Trinajstić information content (AvgIpc) is 2.80. The van der Waals surface area contributed by atoms with Gasteiger partial charge in [0.05, 0.1) is 6.04 Å². The molecule has 0 spiro atoms. The Kier molecular flexibility index (Phi) is 3.15. The largest absolute Gasteiger partial charge is 0.406 e. The molecule has 1 unspecified atom stereocenters. The van der Waals surface area contributed by atoms with Crippen molar-refractivity contribution in [2.75, 3.05) is 12.4 Å². The van der Waals surface area contributed by atoms with Crippen molar-refractivity contribution in [1.82, 2.24) is 25.7 Å². The van der Waals surface area contributed by atoms with Gasteiger partial charge in [-0.3, -0.25) is 10.1 Å². The molecule has 8 heteroatoms. The standard InChI is InChI=1S/C9H12N6O2/c1-5(10-2)8-14-15-9(17-8)11-6-3-4-7(16)13-12-6/h3-5,10H,1-2H3,(H,13,16)(H,11,12,15). The van der Waals surface area contributed by atoms with Crippen LogP contribution in [0.2, 0.25) is 0 Å². The molecule has 0 aliphatic carbocycles. The van der Waals surface area contributed by atoms with E-state index in [0.717, 1.165) is 0 Å². The number of rotatable bonds is 4. The predicted molar refractivity (Wildman–Crippen MR) is 59.9 cm³/mol. The Morgan fingerprint density at radius 3 is 2.88 bits per heavy atom. The molecular formula is C9H12N6O2. The molecule has 0 fully saturated rings. The lowest BCUT2D eigenvalue weighted by Gasteiger charge is -2.02. The van der Waals surface area contributed by atoms with Crippen LogP contribution in [-0.4, -0.2) is 27.4 Å². The first kappa shape index (κ1) is 11.3. The van der Waals surface area contributed by atoms with Crippen LogP contribution in [0.5, 0.6) is 0 Å². The van der Waals surface area contributed by atoms with Crippen molar-refractivity contribution in [3.63, 3.8) is 0 Å². The summed E-state index contributed by atoms with van der Waals surface area (Å²) in [7, 11) is 1.80. The molecule has 0 aromatic carbocycles. The lowest BCUT2D eigenvalue weighted by atomic mass is 10.3. The molecular weight excluding hydrogens is 224 g/mol. The zero-order valence-corrected chi connectivity index (χ0v) is 9.39. The maximum atomic E-state index is 10.8. The monoisotopic (exact) mass is 236 g/mol. The van der Waals surface area contributed by atoms with Crippen molar-refractivity contribution >= 4 is 11.8 Å². The van der Waals surface area contributed by atoms with Crippen LogP contribution in [0.25, 0.3) is 0 Å². The van der Waals surface area contributed by atoms with Crippen molar-refractivity contribution in [1.29, 1.82) is 0 Å². The van der Waals surface area contributed by atoms with Crippen molar-refractivity contribution < 1.29 is 4.42 Å². The molecule has 0 saturated heterocycles. The summed E-state index contributed by atoms with van der Waals surface area (Å²) in [6.07, 6.45) is 0. The number of hydrogen-bond donors (Lipinski definition) is 3. The fourth-order valence-corrected chi connectivity index (χ4v) is 1.11. The molecule has 1 atom stereocenters. The number of nitrogens with one attached hydrogen (secondary N) is 3. The Labute approximate surface area is 96.5 Å². The number of hydrogen-bond acceptors (Lipinski definition) is 7. The highest BCUT2D eigenvalue weighted by Gasteiger charge is 2.12. The van der Waals surface area contributed by atoms with Gasteiger partial charge in [0.15, 0.2) is 5.82 Å². The van der Waals surface area contributed by atoms with Gasteiger partial charge >= 0.3 is 6.01 Å². The van der Waals surface area contributed by atoms with E-state index in [0.29, 0.717) is 11.7 Å². The molecule has 2 heterocycles. The Bertz CT molecular complexity index is 528. The van der Waals surface area contributed by atoms with E-state index < -0.39 is 0 Å². The number of nitrogens with zero attached hydrogens (tertiary/aromatic N) is 3. The van der Waals surface area contributed by atoms with Crippen LogP contribution in [0, 0.1) is 0 Å². The molecule has 90 valence electrons. The molecule has 0 aliphatic rings. The molecule has 2 aromatic rings. The summed E-state index contributed by atoms with van der Waals surface area (Å²) < 4.78 is 5.34. The molecule has 2 rings (SSSR count). The molecule has 0 saturated carbocycles. The summed E-state index contributed by atoms with van der Waals surface area (Å²) in [5, 5.41) is 19.5. The first-order valence-corrected chi connectivity index (χ1v) is 5.02. The quantitative estimate of drug-likeness (QED) is 0.694. The summed E-state index contributed by atoms with van der Waals surface area (Å²) in [6, 6.07) is 3.07. The highest BCUT2D eigenvalue weighted by Crippen LogP contribution is 2.15. The third-order valence-corrected chi connectivity index (χ3v) is 2.16. The second kappa shape index (κ2) is 4.74. The van der Waals surface area contributed by atoms with Gasteiger partial charge in [0.25, 0.3) is 5.56 Å². The fourth-order valence-electron chi connectivity index (χ4n) is 1.11. The summed E-state index contributed by atoms with van der Waals surface area (Å²) in [4.78, 5) is 10.8. The molecule has 8 nitrogen and oxygen atoms in total. The summed E-state index contributed by atoms with van der Waals surface area (Å²) in [5.74, 6) is 0.899. The van der Waals surface area contributed by atoms with E-state index >= 15 is 0 Å². The van der Waals surface area contributed by atoms with Gasteiger partial charge in [0, 0.05) is 6.07 Å². The summed E-state index contributed by atoms with van der Waals surface area (Å²) in [5.41, 5.74) is -0.273. The van der Waals surface area contributed by atoms with E-state index in [-0.39, 0.29) is 17.6 Å². The van der Waals surface area contributed by atoms with E-state index in [9.17, 15) is 4.79 Å². The highest BCUT2D eigenvalue weighted by molar-refractivity contribution is 5.43. The molecule has 0 aliphatic heterocycles. The first-order valence-electron chi connectivity index (χ1n) is 5.02. The first-order chi connectivity index (χ1) is 8.19. The van der Waals surface area contributed by atoms with Crippen molar-refractivity contribution in [3.8, 4) is 0 Å². The molecule has 0 amide bonds. The number of aromatic amines is 1. The van der Waals surface area contributed by atoms with E-state index in [1.807, 2.05) is 6.92 Å². The Morgan fingerprint density at radius 2 is 2.24 bits per heavy atom. The Balaban J connectivity index is 2.11. The van der Waals surface area contributed by atoms with Gasteiger partial charge < -0.3 is 9.73 Å². The van der Waals surface area contributed by atoms with Crippen molar-refractivity contribution in [3.05, 3.63) is 28.4 Å². The Morgan fingerprint density at radius 1 is 1.41 bits per heavy atom. The van der Waals surface area contributed by atoms with E-state index in [4.69, 9.17) is 4.42 Å². The highest BCUT2D eigenvalue weighted by atomic mass is 16.4. The zero-order valence-electron chi connectivity index (χ0n) is 9.39. The van der Waals surface area contributed by atoms with Gasteiger partial charge in [-0.1, -0.05) is 5.10 Å². The van der Waals surface area contributed by atoms with Crippen LogP contribution in [0.15, 0.2) is 21.3 Å². The summed E-state index contributed by atoms with van der Waals surface area (Å²) in [6.45, 7) is 1.90. The summed E-state index contributed by atoms with van der Waals surface area (Å²) >= 11 is 0. The molecule has 0 radical (unpaired) electrons. The average molecular weight is 236 g/mol. The van der Waals surface area contributed by atoms with Gasteiger partial charge in [0.2, 0.25) is 5.89 Å². The van der Waals surface area contributed by atoms with Gasteiger partial charge in [-0.2, -0.15) is 5.10 Å². The minimum absolute atomic E-state index is 0.0263. The smallest absolute Gasteiger partial charge is 0.321 e. The van der Waals surface area contributed by atoms with Crippen molar-refractivity contribution in [2.24, 2.45) is 0 Å². The Hall–Kier alpha value is -2.22. The van der Waals surface area contributed by atoms with E-state index in [2.05, 4.69) is 31.0 Å². The number of aromatic nitrogens is 4. The van der Waals surface area contributed by atoms with Crippen LogP contribution in [-0.2, 0) is 0 Å². The minimum atomic E-state index is -0.273. The predicted octanol–water partition coefficient (Wildman–Crippen LogP) is 0.177. The minimum Gasteiger partial charge on any atom is -0.406 e. The van der Waals surface area contributed by atoms with Crippen molar-refractivity contribution in [2.45, 2.75) is 13.0 Å². The molecule has 0 bridgehead atoms. The topological polar surface area (TPSA) is 109 Å². The van der Waals surface area contributed by atoms with Gasteiger partial charge in [-0.25, -0.2) is 5.10 Å². The number of anilines is 2. The second-order valence-electron chi connectivity index (χ2n) is 3.39. The third-order valence-electron chi connectivity index (χ3n) is 2.16. The van der Waals surface area contributed by atoms with Gasteiger partial charge in [-0.15, -0.1) is 5.10 Å². The lowest BCUT2D eigenvalue weighted by molar-refractivity contribution is 0.443. The zero-order chi connectivity index (χ0) is 12.3. The number of H-pyrrole nitrogens is 1. The van der Waals surface area contributed by atoms with Crippen LogP contribution < -0.4 is 16.2 Å². The third kappa shape index (κ3) is 2.67. The van der Waals surface area contributed by atoms with E-state index in [1.54, 1.807) is 7.05 Å². The second-order valence-corrected chi connectivity index (χ2v) is 3.39. The van der Waals surface area contributed by atoms with Crippen LogP contribution >= 0.6 is 0 Å². The van der Waals surface area contributed by atoms with Gasteiger partial charge in [-0.05, 0) is 20.0 Å². The van der Waals surface area contributed by atoms with Gasteiger partial charge in [0.1, 0.15) is 0 Å². The SMILES string of the molecule is CNC(C)c1nnc(Nc2ccc(=O)[nH]n2)o1. The lowest BCUT2D eigenvalue weighted by Crippen LogP contribution is -2.12. The molecule has 17 heavy (non-hydrogen) atoms.